The summed E-state index contributed by atoms with van der Waals surface area (Å²) in [5.41, 5.74) is 1.77. The molecule has 1 aromatic carbocycles. The Kier molecular flexibility index (Phi) is 5.71. The number of hydrogen-bond acceptors (Lipinski definition) is 5. The number of aromatic nitrogens is 2. The van der Waals surface area contributed by atoms with Gasteiger partial charge in [0.05, 0.1) is 16.3 Å². The average Bonchev–Trinajstić information content (AvgIpc) is 3.02. The molecule has 3 rings (SSSR count). The number of fused-ring (bicyclic) bond motifs is 1. The minimum Gasteiger partial charge on any atom is -0.456 e. The molecule has 7 nitrogen and oxygen atoms in total. The molecule has 154 valence electrons. The number of pyridine rings is 1. The van der Waals surface area contributed by atoms with E-state index in [2.05, 4.69) is 9.71 Å². The zero-order valence-corrected chi connectivity index (χ0v) is 18.1. The maximum absolute atomic E-state index is 12.6. The van der Waals surface area contributed by atoms with Crippen molar-refractivity contribution in [1.29, 1.82) is 0 Å². The predicted molar refractivity (Wildman–Crippen MR) is 111 cm³/mol. The van der Waals surface area contributed by atoms with Gasteiger partial charge in [0.15, 0.2) is 0 Å². The quantitative estimate of drug-likeness (QED) is 0.616. The normalized spacial score (nSPS) is 12.3. The van der Waals surface area contributed by atoms with Gasteiger partial charge < -0.3 is 9.14 Å². The number of nitrogens with one attached hydrogen (secondary N) is 1. The molecule has 0 aliphatic rings. The summed E-state index contributed by atoms with van der Waals surface area (Å²) in [5.74, 6) is -0.664. The van der Waals surface area contributed by atoms with Crippen LogP contribution in [0.2, 0.25) is 5.02 Å². The lowest BCUT2D eigenvalue weighted by Crippen LogP contribution is -2.40. The summed E-state index contributed by atoms with van der Waals surface area (Å²) in [6, 6.07) is 7.85. The van der Waals surface area contributed by atoms with Crippen LogP contribution < -0.4 is 4.72 Å². The molecule has 9 heteroatoms. The second kappa shape index (κ2) is 7.78. The monoisotopic (exact) mass is 435 g/mol. The summed E-state index contributed by atoms with van der Waals surface area (Å²) >= 11 is 6.06. The zero-order chi connectivity index (χ0) is 21.4. The Morgan fingerprint density at radius 1 is 1.28 bits per heavy atom. The highest BCUT2D eigenvalue weighted by atomic mass is 35.5. The Hall–Kier alpha value is -2.42. The molecule has 2 heterocycles. The van der Waals surface area contributed by atoms with E-state index in [1.807, 2.05) is 29.7 Å². The second-order valence-corrected chi connectivity index (χ2v) is 9.79. The van der Waals surface area contributed by atoms with Crippen LogP contribution in [0.25, 0.3) is 5.65 Å². The van der Waals surface area contributed by atoms with E-state index >= 15 is 0 Å². The van der Waals surface area contributed by atoms with Crippen LogP contribution in [-0.4, -0.2) is 29.3 Å². The van der Waals surface area contributed by atoms with E-state index in [4.69, 9.17) is 16.3 Å². The summed E-state index contributed by atoms with van der Waals surface area (Å²) in [4.78, 5) is 16.7. The van der Waals surface area contributed by atoms with Gasteiger partial charge in [-0.1, -0.05) is 17.7 Å². The largest absolute Gasteiger partial charge is 0.456 e. The molecule has 0 fully saturated rings. The Labute approximate surface area is 174 Å². The molecule has 0 bridgehead atoms. The van der Waals surface area contributed by atoms with Crippen molar-refractivity contribution >= 4 is 33.2 Å². The maximum Gasteiger partial charge on any atom is 0.338 e. The van der Waals surface area contributed by atoms with E-state index < -0.39 is 21.5 Å². The van der Waals surface area contributed by atoms with Gasteiger partial charge in [0.1, 0.15) is 17.1 Å². The van der Waals surface area contributed by atoms with E-state index in [0.717, 1.165) is 11.2 Å². The highest BCUT2D eigenvalue weighted by Gasteiger charge is 2.25. The van der Waals surface area contributed by atoms with Gasteiger partial charge in [0, 0.05) is 17.9 Å². The van der Waals surface area contributed by atoms with Gasteiger partial charge in [0.25, 0.3) is 0 Å². The van der Waals surface area contributed by atoms with Crippen LogP contribution >= 0.6 is 11.6 Å². The molecule has 0 spiro atoms. The lowest BCUT2D eigenvalue weighted by molar-refractivity contribution is 0.0468. The van der Waals surface area contributed by atoms with Crippen molar-refractivity contribution < 1.29 is 17.9 Å². The van der Waals surface area contributed by atoms with Crippen molar-refractivity contribution in [1.82, 2.24) is 14.1 Å². The van der Waals surface area contributed by atoms with E-state index in [-0.39, 0.29) is 22.1 Å². The molecule has 2 aromatic heterocycles. The number of carbonyl (C=O) groups is 1. The maximum atomic E-state index is 12.6. The predicted octanol–water partition coefficient (Wildman–Crippen LogP) is 3.73. The molecule has 1 N–H and O–H groups in total. The summed E-state index contributed by atoms with van der Waals surface area (Å²) < 4.78 is 34.9. The van der Waals surface area contributed by atoms with Crippen molar-refractivity contribution in [3.05, 3.63) is 64.6 Å². The molecule has 0 aliphatic carbocycles. The Morgan fingerprint density at radius 3 is 2.66 bits per heavy atom. The van der Waals surface area contributed by atoms with E-state index in [1.165, 1.54) is 18.2 Å². The minimum absolute atomic E-state index is 0.0223. The van der Waals surface area contributed by atoms with Crippen LogP contribution in [0.4, 0.5) is 0 Å². The highest BCUT2D eigenvalue weighted by Crippen LogP contribution is 2.24. The van der Waals surface area contributed by atoms with Gasteiger partial charge in [-0.2, -0.15) is 0 Å². The number of carbonyl (C=O) groups excluding carboxylic acids is 1. The molecule has 0 saturated heterocycles. The first-order valence-corrected chi connectivity index (χ1v) is 10.8. The molecule has 0 amide bonds. The molecule has 29 heavy (non-hydrogen) atoms. The van der Waals surface area contributed by atoms with Crippen LogP contribution in [0.15, 0.2) is 47.6 Å². The Morgan fingerprint density at radius 2 is 2.00 bits per heavy atom. The lowest BCUT2D eigenvalue weighted by Gasteiger charge is -2.21. The van der Waals surface area contributed by atoms with Crippen LogP contribution in [0.3, 0.4) is 0 Å². The first kappa shape index (κ1) is 21.3. The van der Waals surface area contributed by atoms with Gasteiger partial charge >= 0.3 is 5.97 Å². The van der Waals surface area contributed by atoms with Crippen LogP contribution in [0, 0.1) is 6.92 Å². The van der Waals surface area contributed by atoms with Gasteiger partial charge in [-0.05, 0) is 57.5 Å². The third-order valence-corrected chi connectivity index (χ3v) is 6.22. The van der Waals surface area contributed by atoms with Crippen molar-refractivity contribution in [2.45, 2.75) is 44.7 Å². The third-order valence-electron chi connectivity index (χ3n) is 3.98. The standard InChI is InChI=1S/C20H22ClN3O4S/c1-13-6-5-9-24-11-15(22-18(13)24)12-28-19(25)14-7-8-16(21)17(10-14)29(26,27)23-20(2,3)4/h5-11,23H,12H2,1-4H3. The molecule has 0 atom stereocenters. The van der Waals surface area contributed by atoms with Crippen LogP contribution in [-0.2, 0) is 21.4 Å². The van der Waals surface area contributed by atoms with Gasteiger partial charge in [-0.3, -0.25) is 0 Å². The number of nitrogens with zero attached hydrogens (tertiary/aromatic N) is 2. The van der Waals surface area contributed by atoms with Crippen LogP contribution in [0.1, 0.15) is 42.4 Å². The highest BCUT2D eigenvalue weighted by molar-refractivity contribution is 7.89. The van der Waals surface area contributed by atoms with E-state index in [9.17, 15) is 13.2 Å². The summed E-state index contributed by atoms with van der Waals surface area (Å²) in [6.07, 6.45) is 3.64. The topological polar surface area (TPSA) is 89.8 Å². The number of esters is 1. The summed E-state index contributed by atoms with van der Waals surface area (Å²) in [7, 11) is -3.90. The Balaban J connectivity index is 1.79. The SMILES string of the molecule is Cc1cccn2cc(COC(=O)c3ccc(Cl)c(S(=O)(=O)NC(C)(C)C)c3)nc12. The first-order chi connectivity index (χ1) is 13.5. The zero-order valence-electron chi connectivity index (χ0n) is 16.6. The van der Waals surface area contributed by atoms with E-state index in [0.29, 0.717) is 5.69 Å². The van der Waals surface area contributed by atoms with Gasteiger partial charge in [-0.15, -0.1) is 0 Å². The number of benzene rings is 1. The molecule has 0 aliphatic heterocycles. The molecule has 3 aromatic rings. The van der Waals surface area contributed by atoms with Gasteiger partial charge in [0.2, 0.25) is 10.0 Å². The molecular formula is C20H22ClN3O4S. The van der Waals surface area contributed by atoms with Crippen LogP contribution in [0.5, 0.6) is 0 Å². The number of sulfonamides is 1. The molecule has 0 saturated carbocycles. The summed E-state index contributed by atoms with van der Waals surface area (Å²) in [6.45, 7) is 7.05. The van der Waals surface area contributed by atoms with Crippen molar-refractivity contribution in [2.24, 2.45) is 0 Å². The fraction of sp³-hybridized carbons (Fsp3) is 0.300. The number of aryl methyl sites for hydroxylation is 1. The fourth-order valence-electron chi connectivity index (χ4n) is 2.79. The minimum atomic E-state index is -3.90. The first-order valence-electron chi connectivity index (χ1n) is 8.90. The lowest BCUT2D eigenvalue weighted by atomic mass is 10.1. The number of halogens is 1. The molecule has 0 unspecified atom stereocenters. The van der Waals surface area contributed by atoms with E-state index in [1.54, 1.807) is 27.0 Å². The number of ether oxygens (including phenoxy) is 1. The fourth-order valence-corrected chi connectivity index (χ4v) is 4.74. The van der Waals surface area contributed by atoms with Crippen molar-refractivity contribution in [3.8, 4) is 0 Å². The average molecular weight is 436 g/mol. The number of hydrogen-bond donors (Lipinski definition) is 1. The van der Waals surface area contributed by atoms with Crippen molar-refractivity contribution in [2.75, 3.05) is 0 Å². The Bertz CT molecular complexity index is 1180. The van der Waals surface area contributed by atoms with Crippen molar-refractivity contribution in [3.63, 3.8) is 0 Å². The number of rotatable bonds is 5. The molecule has 0 radical (unpaired) electrons. The van der Waals surface area contributed by atoms with Gasteiger partial charge in [-0.25, -0.2) is 22.9 Å². The number of imidazole rings is 1. The molecular weight excluding hydrogens is 414 g/mol. The smallest absolute Gasteiger partial charge is 0.338 e. The second-order valence-electron chi connectivity index (χ2n) is 7.73. The summed E-state index contributed by atoms with van der Waals surface area (Å²) in [5, 5.41) is 0.0223. The third kappa shape index (κ3) is 4.95.